The molecule has 3 N–H and O–H groups in total. The van der Waals surface area contributed by atoms with Crippen LogP contribution in [-0.2, 0) is 0 Å². The first-order chi connectivity index (χ1) is 9.08. The molecule has 1 amide bonds. The second-order valence-electron chi connectivity index (χ2n) is 5.20. The monoisotopic (exact) mass is 263 g/mol. The Morgan fingerprint density at radius 2 is 2.05 bits per heavy atom. The van der Waals surface area contributed by atoms with Gasteiger partial charge in [0.15, 0.2) is 5.69 Å². The van der Waals surface area contributed by atoms with Gasteiger partial charge in [-0.2, -0.15) is 0 Å². The summed E-state index contributed by atoms with van der Waals surface area (Å²) in [5.74, 6) is 0.533. The zero-order chi connectivity index (χ0) is 13.8. The van der Waals surface area contributed by atoms with E-state index >= 15 is 0 Å². The van der Waals surface area contributed by atoms with Crippen molar-refractivity contribution in [2.45, 2.75) is 37.8 Å². The molecule has 1 aliphatic rings. The van der Waals surface area contributed by atoms with Crippen LogP contribution in [0.25, 0.3) is 0 Å². The normalized spacial score (nSPS) is 22.9. The standard InChI is InChI=1S/C13H21N5O/c1-18(2)13(19)11-7-8-12(17-16-11)15-10-6-4-3-5-9(10)14/h7-10H,3-6,14H2,1-2H3,(H,15,17). The number of nitrogens with zero attached hydrogens (tertiary/aromatic N) is 3. The molecule has 6 nitrogen and oxygen atoms in total. The fraction of sp³-hybridized carbons (Fsp3) is 0.615. The minimum Gasteiger partial charge on any atom is -0.364 e. The molecule has 1 fully saturated rings. The minimum absolute atomic E-state index is 0.145. The number of hydrogen-bond donors (Lipinski definition) is 2. The molecule has 0 aromatic carbocycles. The highest BCUT2D eigenvalue weighted by Gasteiger charge is 2.22. The molecule has 0 bridgehead atoms. The van der Waals surface area contributed by atoms with Crippen molar-refractivity contribution in [3.05, 3.63) is 17.8 Å². The van der Waals surface area contributed by atoms with Gasteiger partial charge >= 0.3 is 0 Å². The molecule has 0 saturated heterocycles. The van der Waals surface area contributed by atoms with E-state index in [4.69, 9.17) is 5.73 Å². The van der Waals surface area contributed by atoms with Crippen molar-refractivity contribution < 1.29 is 4.79 Å². The minimum atomic E-state index is -0.145. The Bertz CT molecular complexity index is 431. The third-order valence-corrected chi connectivity index (χ3v) is 3.44. The van der Waals surface area contributed by atoms with Crippen molar-refractivity contribution in [2.75, 3.05) is 19.4 Å². The van der Waals surface area contributed by atoms with Gasteiger partial charge in [0.1, 0.15) is 5.82 Å². The van der Waals surface area contributed by atoms with E-state index in [1.165, 1.54) is 17.7 Å². The number of hydrogen-bond acceptors (Lipinski definition) is 5. The molecule has 0 aliphatic heterocycles. The summed E-state index contributed by atoms with van der Waals surface area (Å²) in [6.07, 6.45) is 4.49. The van der Waals surface area contributed by atoms with Gasteiger partial charge in [0.2, 0.25) is 0 Å². The molecule has 2 atom stereocenters. The van der Waals surface area contributed by atoms with Gasteiger partial charge in [-0.15, -0.1) is 10.2 Å². The number of carbonyl (C=O) groups is 1. The maximum atomic E-state index is 11.7. The summed E-state index contributed by atoms with van der Waals surface area (Å²) in [5.41, 5.74) is 6.42. The topological polar surface area (TPSA) is 84.1 Å². The highest BCUT2D eigenvalue weighted by molar-refractivity contribution is 5.91. The summed E-state index contributed by atoms with van der Waals surface area (Å²) < 4.78 is 0. The van der Waals surface area contributed by atoms with E-state index in [0.717, 1.165) is 12.8 Å². The lowest BCUT2D eigenvalue weighted by Crippen LogP contribution is -2.42. The summed E-state index contributed by atoms with van der Waals surface area (Å²) >= 11 is 0. The van der Waals surface area contributed by atoms with Crippen molar-refractivity contribution in [2.24, 2.45) is 5.73 Å². The fourth-order valence-corrected chi connectivity index (χ4v) is 2.28. The molecule has 1 saturated carbocycles. The van der Waals surface area contributed by atoms with Gasteiger partial charge in [0, 0.05) is 26.2 Å². The molecule has 0 spiro atoms. The number of nitrogens with one attached hydrogen (secondary N) is 1. The summed E-state index contributed by atoms with van der Waals surface area (Å²) in [6.45, 7) is 0. The molecular weight excluding hydrogens is 242 g/mol. The van der Waals surface area contributed by atoms with Crippen molar-refractivity contribution in [3.63, 3.8) is 0 Å². The highest BCUT2D eigenvalue weighted by Crippen LogP contribution is 2.20. The van der Waals surface area contributed by atoms with Crippen LogP contribution in [0.2, 0.25) is 0 Å². The SMILES string of the molecule is CN(C)C(=O)c1ccc(NC2CCCCC2N)nn1. The number of anilines is 1. The Labute approximate surface area is 113 Å². The molecule has 1 aromatic heterocycles. The second kappa shape index (κ2) is 5.97. The van der Waals surface area contributed by atoms with Crippen LogP contribution in [0.5, 0.6) is 0 Å². The van der Waals surface area contributed by atoms with Crippen molar-refractivity contribution in [1.82, 2.24) is 15.1 Å². The molecule has 1 heterocycles. The third kappa shape index (κ3) is 3.41. The van der Waals surface area contributed by atoms with Crippen LogP contribution in [0.3, 0.4) is 0 Å². The summed E-state index contributed by atoms with van der Waals surface area (Å²) in [4.78, 5) is 13.2. The molecule has 6 heteroatoms. The predicted octanol–water partition coefficient (Wildman–Crippen LogP) is 0.860. The maximum absolute atomic E-state index is 11.7. The van der Waals surface area contributed by atoms with Gasteiger partial charge < -0.3 is 16.0 Å². The quantitative estimate of drug-likeness (QED) is 0.845. The van der Waals surface area contributed by atoms with E-state index in [1.54, 1.807) is 26.2 Å². The number of amides is 1. The van der Waals surface area contributed by atoms with Crippen molar-refractivity contribution in [1.29, 1.82) is 0 Å². The van der Waals surface area contributed by atoms with Gasteiger partial charge in [0.05, 0.1) is 0 Å². The average molecular weight is 263 g/mol. The van der Waals surface area contributed by atoms with E-state index < -0.39 is 0 Å². The molecule has 2 unspecified atom stereocenters. The highest BCUT2D eigenvalue weighted by atomic mass is 16.2. The molecule has 1 aromatic rings. The first-order valence-electron chi connectivity index (χ1n) is 6.65. The first-order valence-corrected chi connectivity index (χ1v) is 6.65. The van der Waals surface area contributed by atoms with Crippen LogP contribution in [-0.4, -0.2) is 47.2 Å². The molecular formula is C13H21N5O. The number of nitrogens with two attached hydrogens (primary N) is 1. The Morgan fingerprint density at radius 3 is 2.63 bits per heavy atom. The first kappa shape index (κ1) is 13.7. The van der Waals surface area contributed by atoms with Crippen LogP contribution < -0.4 is 11.1 Å². The van der Waals surface area contributed by atoms with Gasteiger partial charge in [-0.1, -0.05) is 12.8 Å². The Kier molecular flexibility index (Phi) is 4.31. The third-order valence-electron chi connectivity index (χ3n) is 3.44. The average Bonchev–Trinajstić information content (AvgIpc) is 2.41. The van der Waals surface area contributed by atoms with Crippen LogP contribution in [0.1, 0.15) is 36.2 Å². The van der Waals surface area contributed by atoms with E-state index in [0.29, 0.717) is 11.5 Å². The Morgan fingerprint density at radius 1 is 1.32 bits per heavy atom. The van der Waals surface area contributed by atoms with Gasteiger partial charge in [0.25, 0.3) is 5.91 Å². The summed E-state index contributed by atoms with van der Waals surface area (Å²) in [5, 5.41) is 11.3. The fourth-order valence-electron chi connectivity index (χ4n) is 2.28. The molecule has 0 radical (unpaired) electrons. The van der Waals surface area contributed by atoms with E-state index in [1.807, 2.05) is 0 Å². The zero-order valence-electron chi connectivity index (χ0n) is 11.5. The van der Waals surface area contributed by atoms with Crippen molar-refractivity contribution in [3.8, 4) is 0 Å². The lowest BCUT2D eigenvalue weighted by atomic mass is 9.91. The zero-order valence-corrected chi connectivity index (χ0v) is 11.5. The maximum Gasteiger partial charge on any atom is 0.273 e. The lowest BCUT2D eigenvalue weighted by Gasteiger charge is -2.29. The Balaban J connectivity index is 2.00. The number of aromatic nitrogens is 2. The number of rotatable bonds is 3. The summed E-state index contributed by atoms with van der Waals surface area (Å²) in [7, 11) is 3.38. The van der Waals surface area contributed by atoms with Crippen LogP contribution in [0, 0.1) is 0 Å². The van der Waals surface area contributed by atoms with E-state index in [-0.39, 0.29) is 18.0 Å². The second-order valence-corrected chi connectivity index (χ2v) is 5.20. The molecule has 104 valence electrons. The lowest BCUT2D eigenvalue weighted by molar-refractivity contribution is 0.0821. The van der Waals surface area contributed by atoms with Crippen LogP contribution >= 0.6 is 0 Å². The molecule has 2 rings (SSSR count). The van der Waals surface area contributed by atoms with Crippen LogP contribution in [0.4, 0.5) is 5.82 Å². The largest absolute Gasteiger partial charge is 0.364 e. The predicted molar refractivity (Wildman–Crippen MR) is 73.9 cm³/mol. The van der Waals surface area contributed by atoms with Crippen LogP contribution in [0.15, 0.2) is 12.1 Å². The number of carbonyl (C=O) groups excluding carboxylic acids is 1. The van der Waals surface area contributed by atoms with Crippen molar-refractivity contribution >= 4 is 11.7 Å². The van der Waals surface area contributed by atoms with Gasteiger partial charge in [-0.05, 0) is 25.0 Å². The van der Waals surface area contributed by atoms with Gasteiger partial charge in [-0.25, -0.2) is 0 Å². The molecule has 19 heavy (non-hydrogen) atoms. The summed E-state index contributed by atoms with van der Waals surface area (Å²) in [6, 6.07) is 3.88. The Hall–Kier alpha value is -1.69. The van der Waals surface area contributed by atoms with E-state index in [2.05, 4.69) is 15.5 Å². The molecule has 1 aliphatic carbocycles. The van der Waals surface area contributed by atoms with E-state index in [9.17, 15) is 4.79 Å². The van der Waals surface area contributed by atoms with Gasteiger partial charge in [-0.3, -0.25) is 4.79 Å². The smallest absolute Gasteiger partial charge is 0.273 e.